The van der Waals surface area contributed by atoms with E-state index >= 15 is 0 Å². The number of alkyl carbamates (subject to hydrolysis) is 1. The van der Waals surface area contributed by atoms with Gasteiger partial charge in [0.25, 0.3) is 0 Å². The summed E-state index contributed by atoms with van der Waals surface area (Å²) in [7, 11) is 0. The highest BCUT2D eigenvalue weighted by atomic mass is 16.5. The van der Waals surface area contributed by atoms with Crippen molar-refractivity contribution >= 4 is 34.6 Å². The van der Waals surface area contributed by atoms with Crippen molar-refractivity contribution in [1.29, 1.82) is 5.26 Å². The van der Waals surface area contributed by atoms with E-state index in [0.29, 0.717) is 19.4 Å². The SMILES string of the molecule is N#CC(CC1CCCNC1=O)NC(=O)C(CC1CC1)NC(=O)C(Cc1cccc2ccccc12)NC(=O)OCc1ccccc1. The molecule has 1 saturated carbocycles. The monoisotopic (exact) mass is 609 g/mol. The van der Waals surface area contributed by atoms with E-state index in [1.165, 1.54) is 0 Å². The second-order valence-corrected chi connectivity index (χ2v) is 11.9. The van der Waals surface area contributed by atoms with Crippen LogP contribution in [0.2, 0.25) is 0 Å². The van der Waals surface area contributed by atoms with E-state index in [-0.39, 0.29) is 37.2 Å². The lowest BCUT2D eigenvalue weighted by Crippen LogP contribution is -2.55. The summed E-state index contributed by atoms with van der Waals surface area (Å²) >= 11 is 0. The van der Waals surface area contributed by atoms with Crippen LogP contribution in [0.1, 0.15) is 49.7 Å². The fourth-order valence-corrected chi connectivity index (χ4v) is 5.76. The molecule has 1 heterocycles. The number of hydrogen-bond donors (Lipinski definition) is 4. The number of nitriles is 1. The van der Waals surface area contributed by atoms with Crippen LogP contribution in [-0.4, -0.2) is 48.5 Å². The summed E-state index contributed by atoms with van der Waals surface area (Å²) in [4.78, 5) is 52.5. The Morgan fingerprint density at radius 1 is 0.867 bits per heavy atom. The fourth-order valence-electron chi connectivity index (χ4n) is 5.76. The van der Waals surface area contributed by atoms with Crippen molar-refractivity contribution in [3.8, 4) is 6.07 Å². The zero-order valence-electron chi connectivity index (χ0n) is 25.2. The van der Waals surface area contributed by atoms with Crippen molar-refractivity contribution < 1.29 is 23.9 Å². The molecule has 0 spiro atoms. The minimum atomic E-state index is -1.04. The van der Waals surface area contributed by atoms with Crippen molar-refractivity contribution in [2.45, 2.75) is 69.7 Å². The zero-order valence-corrected chi connectivity index (χ0v) is 25.2. The van der Waals surface area contributed by atoms with Gasteiger partial charge in [-0.05, 0) is 53.5 Å². The molecule has 45 heavy (non-hydrogen) atoms. The largest absolute Gasteiger partial charge is 0.445 e. The van der Waals surface area contributed by atoms with Gasteiger partial charge in [-0.1, -0.05) is 85.6 Å². The van der Waals surface area contributed by atoms with E-state index in [4.69, 9.17) is 4.74 Å². The number of fused-ring (bicyclic) bond motifs is 1. The lowest BCUT2D eigenvalue weighted by molar-refractivity contribution is -0.130. The smallest absolute Gasteiger partial charge is 0.408 e. The summed E-state index contributed by atoms with van der Waals surface area (Å²) in [5.41, 5.74) is 1.66. The van der Waals surface area contributed by atoms with Crippen molar-refractivity contribution in [2.75, 3.05) is 6.54 Å². The van der Waals surface area contributed by atoms with Gasteiger partial charge in [-0.3, -0.25) is 14.4 Å². The molecule has 10 nitrogen and oxygen atoms in total. The van der Waals surface area contributed by atoms with Gasteiger partial charge in [-0.15, -0.1) is 0 Å². The van der Waals surface area contributed by atoms with Crippen LogP contribution in [0.25, 0.3) is 10.8 Å². The Hall–Kier alpha value is -4.91. The summed E-state index contributed by atoms with van der Waals surface area (Å²) in [6.07, 6.45) is 3.42. The molecule has 1 aliphatic carbocycles. The number of piperidine rings is 1. The molecule has 0 bridgehead atoms. The molecular formula is C35H39N5O5. The number of rotatable bonds is 13. The van der Waals surface area contributed by atoms with Crippen molar-refractivity contribution in [1.82, 2.24) is 21.3 Å². The Kier molecular flexibility index (Phi) is 10.6. The van der Waals surface area contributed by atoms with Gasteiger partial charge in [0.15, 0.2) is 0 Å². The highest BCUT2D eigenvalue weighted by molar-refractivity contribution is 5.93. The molecule has 2 fully saturated rings. The number of ether oxygens (including phenoxy) is 1. The van der Waals surface area contributed by atoms with Gasteiger partial charge >= 0.3 is 6.09 Å². The van der Waals surface area contributed by atoms with Crippen LogP contribution in [0.3, 0.4) is 0 Å². The first-order valence-electron chi connectivity index (χ1n) is 15.6. The van der Waals surface area contributed by atoms with E-state index in [1.54, 1.807) is 0 Å². The van der Waals surface area contributed by atoms with Crippen molar-refractivity contribution in [3.63, 3.8) is 0 Å². The average molecular weight is 610 g/mol. The average Bonchev–Trinajstić information content (AvgIpc) is 3.88. The third-order valence-electron chi connectivity index (χ3n) is 8.42. The van der Waals surface area contributed by atoms with Gasteiger partial charge in [-0.25, -0.2) is 4.79 Å². The van der Waals surface area contributed by atoms with Gasteiger partial charge in [-0.2, -0.15) is 5.26 Å². The number of carbonyl (C=O) groups excluding carboxylic acids is 4. The Morgan fingerprint density at radius 2 is 1.60 bits per heavy atom. The van der Waals surface area contributed by atoms with Crippen LogP contribution in [-0.2, 0) is 32.1 Å². The van der Waals surface area contributed by atoms with Gasteiger partial charge in [0, 0.05) is 18.9 Å². The molecule has 3 aromatic carbocycles. The predicted octanol–water partition coefficient (Wildman–Crippen LogP) is 3.89. The summed E-state index contributed by atoms with van der Waals surface area (Å²) in [5, 5.41) is 22.9. The maximum Gasteiger partial charge on any atom is 0.408 e. The molecular weight excluding hydrogens is 570 g/mol. The zero-order chi connectivity index (χ0) is 31.6. The van der Waals surface area contributed by atoms with Crippen LogP contribution >= 0.6 is 0 Å². The van der Waals surface area contributed by atoms with Crippen LogP contribution in [0, 0.1) is 23.2 Å². The molecule has 5 rings (SSSR count). The van der Waals surface area contributed by atoms with Gasteiger partial charge < -0.3 is 26.0 Å². The Labute approximate surface area is 262 Å². The first kappa shape index (κ1) is 31.5. The quantitative estimate of drug-likeness (QED) is 0.231. The molecule has 2 aliphatic rings. The second-order valence-electron chi connectivity index (χ2n) is 11.9. The van der Waals surface area contributed by atoms with Crippen molar-refractivity contribution in [2.24, 2.45) is 11.8 Å². The number of nitrogens with one attached hydrogen (secondary N) is 4. The van der Waals surface area contributed by atoms with Crippen LogP contribution in [0.15, 0.2) is 72.8 Å². The van der Waals surface area contributed by atoms with Crippen molar-refractivity contribution in [3.05, 3.63) is 83.9 Å². The third kappa shape index (κ3) is 9.05. The molecule has 234 valence electrons. The first-order valence-corrected chi connectivity index (χ1v) is 15.6. The Bertz CT molecular complexity index is 1550. The molecule has 4 unspecified atom stereocenters. The second kappa shape index (κ2) is 15.2. The minimum absolute atomic E-state index is 0.0383. The molecule has 4 amide bonds. The molecule has 3 aromatic rings. The van der Waals surface area contributed by atoms with E-state index < -0.39 is 36.0 Å². The molecule has 1 saturated heterocycles. The lowest BCUT2D eigenvalue weighted by atomic mass is 9.92. The van der Waals surface area contributed by atoms with Gasteiger partial charge in [0.1, 0.15) is 24.7 Å². The topological polar surface area (TPSA) is 149 Å². The number of hydrogen-bond acceptors (Lipinski definition) is 6. The van der Waals surface area contributed by atoms with E-state index in [9.17, 15) is 24.4 Å². The summed E-state index contributed by atoms with van der Waals surface area (Å²) in [6.45, 7) is 0.652. The molecule has 10 heteroatoms. The highest BCUT2D eigenvalue weighted by Gasteiger charge is 2.34. The van der Waals surface area contributed by atoms with E-state index in [1.807, 2.05) is 72.8 Å². The minimum Gasteiger partial charge on any atom is -0.445 e. The predicted molar refractivity (Wildman–Crippen MR) is 168 cm³/mol. The molecule has 0 aromatic heterocycles. The van der Waals surface area contributed by atoms with E-state index in [2.05, 4.69) is 27.3 Å². The number of benzene rings is 3. The fraction of sp³-hybridized carbons (Fsp3) is 0.400. The van der Waals surface area contributed by atoms with Gasteiger partial charge in [0.2, 0.25) is 17.7 Å². The molecule has 4 N–H and O–H groups in total. The summed E-state index contributed by atoms with van der Waals surface area (Å²) in [5.74, 6) is -1.18. The maximum atomic E-state index is 13.8. The number of nitrogens with zero attached hydrogens (tertiary/aromatic N) is 1. The maximum absolute atomic E-state index is 13.8. The highest BCUT2D eigenvalue weighted by Crippen LogP contribution is 2.33. The summed E-state index contributed by atoms with van der Waals surface area (Å²) in [6, 6.07) is 22.1. The van der Waals surface area contributed by atoms with Crippen LogP contribution < -0.4 is 21.3 Å². The van der Waals surface area contributed by atoms with Crippen LogP contribution in [0.4, 0.5) is 4.79 Å². The van der Waals surface area contributed by atoms with Crippen LogP contribution in [0.5, 0.6) is 0 Å². The lowest BCUT2D eigenvalue weighted by Gasteiger charge is -2.26. The number of carbonyl (C=O) groups is 4. The normalized spacial score (nSPS) is 18.0. The third-order valence-corrected chi connectivity index (χ3v) is 8.42. The molecule has 0 radical (unpaired) electrons. The number of amides is 4. The summed E-state index contributed by atoms with van der Waals surface area (Å²) < 4.78 is 5.43. The Balaban J connectivity index is 1.30. The van der Waals surface area contributed by atoms with Gasteiger partial charge in [0.05, 0.1) is 6.07 Å². The van der Waals surface area contributed by atoms with E-state index in [0.717, 1.165) is 41.2 Å². The molecule has 1 aliphatic heterocycles. The molecule has 4 atom stereocenters. The first-order chi connectivity index (χ1) is 21.9. The standard InChI is InChI=1S/C35H39N5O5/c36-21-28(19-27-13-7-17-37-32(27)41)38-33(42)30(18-23-15-16-23)39-34(43)31(40-35(44)45-22-24-8-2-1-3-9-24)20-26-12-6-11-25-10-4-5-14-29(25)26/h1-6,8-12,14,23,27-28,30-31H,7,13,15-20,22H2,(H,37,41)(H,38,42)(H,39,43)(H,40,44). The Morgan fingerprint density at radius 3 is 2.36 bits per heavy atom.